The van der Waals surface area contributed by atoms with Crippen LogP contribution in [0.3, 0.4) is 0 Å². The van der Waals surface area contributed by atoms with Crippen molar-refractivity contribution >= 4 is 46.2 Å². The molecule has 3 aromatic heterocycles. The molecule has 0 N–H and O–H groups in total. The molecule has 55 heavy (non-hydrogen) atoms. The van der Waals surface area contributed by atoms with Gasteiger partial charge in [0.2, 0.25) is 0 Å². The van der Waals surface area contributed by atoms with Gasteiger partial charge in [-0.15, -0.1) is 53.6 Å². The Morgan fingerprint density at radius 3 is 2.07 bits per heavy atom. The zero-order valence-electron chi connectivity index (χ0n) is 32.0. The third kappa shape index (κ3) is 7.76. The van der Waals surface area contributed by atoms with Crippen LogP contribution in [0.25, 0.3) is 72.4 Å². The standard InChI is InChI=1S/C31H19N2O.C18H24NSi.Ir/c1-2-9-21(10-3-1)22-17-19-23(20-18-22)33-28-15-6-5-14-27(28)32-31(33)26-13-8-12-25-24-11-4-7-16-29(24)34-30(25)26;1-18(2,3)15-9-7-14(8-10-15)17-12-11-16(13-19-17)20(4,5)6;/h1-12,14-20H;7,9-13H,1-6H3;/q2*-1;. The predicted molar refractivity (Wildman–Crippen MR) is 228 cm³/mol. The van der Waals surface area contributed by atoms with E-state index < -0.39 is 8.07 Å². The van der Waals surface area contributed by atoms with Crippen LogP contribution < -0.4 is 5.19 Å². The van der Waals surface area contributed by atoms with E-state index in [1.165, 1.54) is 21.9 Å². The van der Waals surface area contributed by atoms with E-state index in [1.54, 1.807) is 0 Å². The normalized spacial score (nSPS) is 11.7. The molecular formula is C49H43IrN3OSi-2. The molecule has 6 aromatic carbocycles. The monoisotopic (exact) mass is 910 g/mol. The zero-order chi connectivity index (χ0) is 37.5. The summed E-state index contributed by atoms with van der Waals surface area (Å²) in [5, 5.41) is 3.57. The second-order valence-corrected chi connectivity index (χ2v) is 20.9. The first-order valence-electron chi connectivity index (χ1n) is 18.5. The van der Waals surface area contributed by atoms with Gasteiger partial charge in [0.15, 0.2) is 0 Å². The average Bonchev–Trinajstić information content (AvgIpc) is 3.77. The Balaban J connectivity index is 0.000000191. The predicted octanol–water partition coefficient (Wildman–Crippen LogP) is 12.4. The molecule has 0 aliphatic heterocycles. The van der Waals surface area contributed by atoms with Crippen molar-refractivity contribution in [3.05, 3.63) is 169 Å². The fraction of sp³-hybridized carbons (Fsp3) is 0.143. The van der Waals surface area contributed by atoms with Crippen molar-refractivity contribution in [2.75, 3.05) is 0 Å². The fourth-order valence-electron chi connectivity index (χ4n) is 6.79. The third-order valence-electron chi connectivity index (χ3n) is 9.94. The van der Waals surface area contributed by atoms with Gasteiger partial charge in [-0.1, -0.05) is 136 Å². The van der Waals surface area contributed by atoms with Gasteiger partial charge in [0, 0.05) is 37.4 Å². The van der Waals surface area contributed by atoms with E-state index in [9.17, 15) is 0 Å². The van der Waals surface area contributed by atoms with Crippen molar-refractivity contribution in [1.29, 1.82) is 0 Å². The molecule has 9 aromatic rings. The summed E-state index contributed by atoms with van der Waals surface area (Å²) >= 11 is 0. The van der Waals surface area contributed by atoms with Crippen LogP contribution in [0, 0.1) is 12.1 Å². The Kier molecular flexibility index (Phi) is 10.6. The van der Waals surface area contributed by atoms with Crippen molar-refractivity contribution in [2.45, 2.75) is 45.8 Å². The largest absolute Gasteiger partial charge is 0.501 e. The van der Waals surface area contributed by atoms with Crippen LogP contribution in [-0.4, -0.2) is 22.6 Å². The first kappa shape index (κ1) is 37.9. The maximum atomic E-state index is 6.32. The van der Waals surface area contributed by atoms with Crippen LogP contribution in [0.15, 0.2) is 156 Å². The summed E-state index contributed by atoms with van der Waals surface area (Å²) in [6.45, 7) is 13.7. The van der Waals surface area contributed by atoms with Crippen LogP contribution in [0.4, 0.5) is 0 Å². The van der Waals surface area contributed by atoms with Gasteiger partial charge in [0.1, 0.15) is 5.58 Å². The van der Waals surface area contributed by atoms with Crippen LogP contribution in [0.1, 0.15) is 26.3 Å². The molecule has 6 heteroatoms. The van der Waals surface area contributed by atoms with E-state index in [1.807, 2.05) is 54.7 Å². The Morgan fingerprint density at radius 2 is 1.38 bits per heavy atom. The molecule has 0 fully saturated rings. The molecule has 0 saturated carbocycles. The summed E-state index contributed by atoms with van der Waals surface area (Å²) in [5.74, 6) is 0.818. The van der Waals surface area contributed by atoms with E-state index in [2.05, 4.69) is 159 Å². The Hall–Kier alpha value is -5.39. The summed E-state index contributed by atoms with van der Waals surface area (Å²) in [5.41, 5.74) is 11.5. The van der Waals surface area contributed by atoms with Gasteiger partial charge in [-0.3, -0.25) is 4.98 Å². The minimum atomic E-state index is -1.26. The number of pyridine rings is 1. The number of imidazole rings is 1. The molecular weight excluding hydrogens is 867 g/mol. The van der Waals surface area contributed by atoms with Crippen molar-refractivity contribution in [3.63, 3.8) is 0 Å². The quantitative estimate of drug-likeness (QED) is 0.128. The number of para-hydroxylation sites is 3. The maximum Gasteiger partial charge on any atom is 0.120 e. The number of benzene rings is 6. The molecule has 0 saturated heterocycles. The van der Waals surface area contributed by atoms with Crippen molar-refractivity contribution in [1.82, 2.24) is 14.5 Å². The Morgan fingerprint density at radius 1 is 0.673 bits per heavy atom. The molecule has 4 nitrogen and oxygen atoms in total. The number of nitrogens with zero attached hydrogens (tertiary/aromatic N) is 3. The average molecular weight is 910 g/mol. The van der Waals surface area contributed by atoms with Gasteiger partial charge in [0.25, 0.3) is 0 Å². The maximum absolute atomic E-state index is 6.32. The summed E-state index contributed by atoms with van der Waals surface area (Å²) < 4.78 is 8.51. The first-order chi connectivity index (χ1) is 26.0. The molecule has 0 bridgehead atoms. The second kappa shape index (κ2) is 15.4. The Labute approximate surface area is 338 Å². The van der Waals surface area contributed by atoms with Crippen LogP contribution in [0.2, 0.25) is 19.6 Å². The van der Waals surface area contributed by atoms with Gasteiger partial charge in [-0.2, -0.15) is 0 Å². The van der Waals surface area contributed by atoms with Gasteiger partial charge in [-0.25, -0.2) is 0 Å². The van der Waals surface area contributed by atoms with Gasteiger partial charge in [0.05, 0.1) is 30.5 Å². The molecule has 0 spiro atoms. The van der Waals surface area contributed by atoms with E-state index in [4.69, 9.17) is 9.40 Å². The van der Waals surface area contributed by atoms with Crippen molar-refractivity contribution in [3.8, 4) is 39.5 Å². The number of furan rings is 1. The SMILES string of the molecule is CC(C)(C)c1c[c-]c(-c2ccc([Si](C)(C)C)cn2)cc1.[Ir].[c-]1ccc2c(oc3ccccc32)c1-c1nc2ccccc2n1-c1ccc(-c2ccccc2)cc1. The van der Waals surface area contributed by atoms with E-state index in [-0.39, 0.29) is 25.5 Å². The number of hydrogen-bond donors (Lipinski definition) is 0. The minimum Gasteiger partial charge on any atom is -0.501 e. The molecule has 0 aliphatic carbocycles. The van der Waals surface area contributed by atoms with Crippen LogP contribution >= 0.6 is 0 Å². The zero-order valence-corrected chi connectivity index (χ0v) is 35.4. The van der Waals surface area contributed by atoms with Crippen molar-refractivity contribution in [2.24, 2.45) is 0 Å². The summed E-state index contributed by atoms with van der Waals surface area (Å²) in [7, 11) is -1.26. The number of hydrogen-bond acceptors (Lipinski definition) is 3. The van der Waals surface area contributed by atoms with Gasteiger partial charge >= 0.3 is 0 Å². The number of fused-ring (bicyclic) bond motifs is 4. The third-order valence-corrected chi connectivity index (χ3v) is 12.0. The second-order valence-electron chi connectivity index (χ2n) is 15.8. The first-order valence-corrected chi connectivity index (χ1v) is 22.0. The molecule has 0 atom stereocenters. The van der Waals surface area contributed by atoms with Crippen LogP contribution in [-0.2, 0) is 25.5 Å². The van der Waals surface area contributed by atoms with Crippen molar-refractivity contribution < 1.29 is 24.5 Å². The molecule has 9 rings (SSSR count). The number of rotatable bonds is 5. The molecule has 275 valence electrons. The summed E-state index contributed by atoms with van der Waals surface area (Å²) in [6, 6.07) is 57.0. The smallest absolute Gasteiger partial charge is 0.120 e. The molecule has 0 unspecified atom stereocenters. The Bertz CT molecular complexity index is 2650. The van der Waals surface area contributed by atoms with Gasteiger partial charge in [-0.05, 0) is 57.8 Å². The minimum absolute atomic E-state index is 0. The molecule has 0 amide bonds. The van der Waals surface area contributed by atoms with Gasteiger partial charge < -0.3 is 14.0 Å². The van der Waals surface area contributed by atoms with E-state index in [0.29, 0.717) is 0 Å². The van der Waals surface area contributed by atoms with E-state index >= 15 is 0 Å². The summed E-state index contributed by atoms with van der Waals surface area (Å²) in [4.78, 5) is 9.64. The fourth-order valence-corrected chi connectivity index (χ4v) is 7.83. The molecule has 0 aliphatic rings. The molecule has 1 radical (unpaired) electrons. The molecule has 3 heterocycles. The number of aromatic nitrogens is 3. The topological polar surface area (TPSA) is 43.9 Å². The summed E-state index contributed by atoms with van der Waals surface area (Å²) in [6.07, 6.45) is 2.03. The van der Waals surface area contributed by atoms with E-state index in [0.717, 1.165) is 61.3 Å². The van der Waals surface area contributed by atoms with Crippen LogP contribution in [0.5, 0.6) is 0 Å².